The monoisotopic (exact) mass is 346 g/mol. The largest absolute Gasteiger partial charge is 0.388 e. The van der Waals surface area contributed by atoms with Gasteiger partial charge in [0.25, 0.3) is 0 Å². The van der Waals surface area contributed by atoms with Crippen molar-refractivity contribution >= 4 is 27.5 Å². The van der Waals surface area contributed by atoms with Crippen LogP contribution in [0, 0.1) is 11.6 Å². The molecule has 0 bridgehead atoms. The van der Waals surface area contributed by atoms with E-state index in [-0.39, 0.29) is 11.4 Å². The van der Waals surface area contributed by atoms with Crippen molar-refractivity contribution < 1.29 is 13.9 Å². The predicted molar refractivity (Wildman–Crippen MR) is 74.2 cm³/mol. The van der Waals surface area contributed by atoms with Crippen molar-refractivity contribution in [2.24, 2.45) is 0 Å². The van der Waals surface area contributed by atoms with E-state index < -0.39 is 17.7 Å². The maximum Gasteiger partial charge on any atom is 0.141 e. The quantitative estimate of drug-likeness (QED) is 0.856. The second kappa shape index (κ2) is 5.99. The summed E-state index contributed by atoms with van der Waals surface area (Å²) in [6.07, 6.45) is -0.634. The Balaban J connectivity index is 2.17. The van der Waals surface area contributed by atoms with E-state index >= 15 is 0 Å². The molecule has 0 aromatic heterocycles. The standard InChI is InChI=1S/C14H10BrClF2O/c15-10-3-2-9(7-13(10)18)14(19)6-8-1-4-12(17)11(16)5-8/h1-5,7,14,19H,6H2. The van der Waals surface area contributed by atoms with Crippen LogP contribution in [0.3, 0.4) is 0 Å². The lowest BCUT2D eigenvalue weighted by Gasteiger charge is -2.12. The Bertz CT molecular complexity index is 604. The van der Waals surface area contributed by atoms with Gasteiger partial charge in [-0.15, -0.1) is 0 Å². The van der Waals surface area contributed by atoms with Crippen molar-refractivity contribution in [3.8, 4) is 0 Å². The molecular formula is C14H10BrClF2O. The third-order valence-corrected chi connectivity index (χ3v) is 3.67. The highest BCUT2D eigenvalue weighted by atomic mass is 79.9. The Morgan fingerprint density at radius 3 is 2.47 bits per heavy atom. The van der Waals surface area contributed by atoms with Crippen LogP contribution >= 0.6 is 27.5 Å². The minimum Gasteiger partial charge on any atom is -0.388 e. The number of aliphatic hydroxyl groups is 1. The van der Waals surface area contributed by atoms with E-state index in [1.54, 1.807) is 12.1 Å². The van der Waals surface area contributed by atoms with Gasteiger partial charge in [-0.1, -0.05) is 23.7 Å². The highest BCUT2D eigenvalue weighted by Crippen LogP contribution is 2.24. The molecule has 0 aliphatic heterocycles. The molecule has 1 N–H and O–H groups in total. The summed E-state index contributed by atoms with van der Waals surface area (Å²) >= 11 is 8.71. The van der Waals surface area contributed by atoms with Crippen molar-refractivity contribution in [2.75, 3.05) is 0 Å². The molecule has 1 unspecified atom stereocenters. The van der Waals surface area contributed by atoms with Gasteiger partial charge in [-0.2, -0.15) is 0 Å². The van der Waals surface area contributed by atoms with Gasteiger partial charge in [0.2, 0.25) is 0 Å². The maximum absolute atomic E-state index is 13.4. The summed E-state index contributed by atoms with van der Waals surface area (Å²) in [5, 5.41) is 10.0. The Kier molecular flexibility index (Phi) is 4.55. The highest BCUT2D eigenvalue weighted by molar-refractivity contribution is 9.10. The lowest BCUT2D eigenvalue weighted by molar-refractivity contribution is 0.178. The molecule has 0 aliphatic carbocycles. The second-order valence-corrected chi connectivity index (χ2v) is 5.40. The van der Waals surface area contributed by atoms with Crippen LogP contribution in [0.25, 0.3) is 0 Å². The van der Waals surface area contributed by atoms with Crippen LogP contribution in [-0.2, 0) is 6.42 Å². The number of halogens is 4. The van der Waals surface area contributed by atoms with Gasteiger partial charge in [-0.25, -0.2) is 8.78 Å². The van der Waals surface area contributed by atoms with E-state index in [1.807, 2.05) is 0 Å². The van der Waals surface area contributed by atoms with Crippen LogP contribution in [-0.4, -0.2) is 5.11 Å². The van der Waals surface area contributed by atoms with Gasteiger partial charge in [0, 0.05) is 6.42 Å². The number of hydrogen-bond donors (Lipinski definition) is 1. The highest BCUT2D eigenvalue weighted by Gasteiger charge is 2.12. The zero-order valence-corrected chi connectivity index (χ0v) is 12.0. The topological polar surface area (TPSA) is 20.2 Å². The Morgan fingerprint density at radius 2 is 1.84 bits per heavy atom. The maximum atomic E-state index is 13.4. The van der Waals surface area contributed by atoms with E-state index in [1.165, 1.54) is 24.3 Å². The van der Waals surface area contributed by atoms with Gasteiger partial charge in [0.05, 0.1) is 15.6 Å². The third kappa shape index (κ3) is 3.53. The minimum absolute atomic E-state index is 0.00619. The molecule has 19 heavy (non-hydrogen) atoms. The van der Waals surface area contributed by atoms with Crippen LogP contribution in [0.2, 0.25) is 5.02 Å². The Hall–Kier alpha value is -0.970. The van der Waals surface area contributed by atoms with E-state index in [0.29, 0.717) is 15.6 Å². The molecule has 2 aromatic rings. The van der Waals surface area contributed by atoms with Gasteiger partial charge in [-0.3, -0.25) is 0 Å². The molecule has 5 heteroatoms. The van der Waals surface area contributed by atoms with Gasteiger partial charge in [0.1, 0.15) is 11.6 Å². The molecule has 0 spiro atoms. The second-order valence-electron chi connectivity index (χ2n) is 4.14. The molecule has 2 aromatic carbocycles. The molecule has 0 saturated carbocycles. The molecule has 0 heterocycles. The molecule has 0 radical (unpaired) electrons. The normalized spacial score (nSPS) is 12.5. The van der Waals surface area contributed by atoms with Crippen LogP contribution in [0.4, 0.5) is 8.78 Å². The molecule has 0 amide bonds. The first kappa shape index (κ1) is 14.4. The third-order valence-electron chi connectivity index (χ3n) is 2.74. The first-order valence-corrected chi connectivity index (χ1v) is 6.71. The fraction of sp³-hybridized carbons (Fsp3) is 0.143. The number of aliphatic hydroxyl groups excluding tert-OH is 1. The molecule has 0 fully saturated rings. The van der Waals surface area contributed by atoms with Gasteiger partial charge < -0.3 is 5.11 Å². The van der Waals surface area contributed by atoms with Crippen molar-refractivity contribution in [1.82, 2.24) is 0 Å². The smallest absolute Gasteiger partial charge is 0.141 e. The number of rotatable bonds is 3. The van der Waals surface area contributed by atoms with Gasteiger partial charge in [0.15, 0.2) is 0 Å². The lowest BCUT2D eigenvalue weighted by atomic mass is 10.0. The molecule has 100 valence electrons. The summed E-state index contributed by atoms with van der Waals surface area (Å²) in [7, 11) is 0. The first-order chi connectivity index (χ1) is 8.97. The fourth-order valence-electron chi connectivity index (χ4n) is 1.73. The molecule has 1 nitrogen and oxygen atoms in total. The number of hydrogen-bond acceptors (Lipinski definition) is 1. The fourth-order valence-corrected chi connectivity index (χ4v) is 2.18. The average molecular weight is 348 g/mol. The Morgan fingerprint density at radius 1 is 1.11 bits per heavy atom. The molecular weight excluding hydrogens is 338 g/mol. The summed E-state index contributed by atoms with van der Waals surface area (Å²) in [4.78, 5) is 0. The minimum atomic E-state index is -0.871. The van der Waals surface area contributed by atoms with Crippen molar-refractivity contribution in [3.63, 3.8) is 0 Å². The summed E-state index contributed by atoms with van der Waals surface area (Å²) in [5.74, 6) is -0.941. The Labute approximate surface area is 123 Å². The zero-order valence-electron chi connectivity index (χ0n) is 9.71. The van der Waals surface area contributed by atoms with Crippen LogP contribution in [0.5, 0.6) is 0 Å². The zero-order chi connectivity index (χ0) is 14.0. The summed E-state index contributed by atoms with van der Waals surface area (Å²) in [5.41, 5.74) is 1.14. The molecule has 0 aliphatic rings. The van der Waals surface area contributed by atoms with Crippen LogP contribution in [0.1, 0.15) is 17.2 Å². The summed E-state index contributed by atoms with van der Waals surface area (Å²) < 4.78 is 26.7. The van der Waals surface area contributed by atoms with Crippen LogP contribution < -0.4 is 0 Å². The van der Waals surface area contributed by atoms with E-state index in [9.17, 15) is 13.9 Å². The number of benzene rings is 2. The SMILES string of the molecule is OC(Cc1ccc(F)c(Cl)c1)c1ccc(Br)c(F)c1. The lowest BCUT2D eigenvalue weighted by Crippen LogP contribution is -2.02. The first-order valence-electron chi connectivity index (χ1n) is 5.54. The van der Waals surface area contributed by atoms with Crippen molar-refractivity contribution in [3.05, 3.63) is 68.7 Å². The molecule has 1 atom stereocenters. The van der Waals surface area contributed by atoms with Crippen LogP contribution in [0.15, 0.2) is 40.9 Å². The molecule has 0 saturated heterocycles. The van der Waals surface area contributed by atoms with Crippen molar-refractivity contribution in [2.45, 2.75) is 12.5 Å². The summed E-state index contributed by atoms with van der Waals surface area (Å²) in [6, 6.07) is 8.66. The average Bonchev–Trinajstić information content (AvgIpc) is 2.37. The van der Waals surface area contributed by atoms with E-state index in [2.05, 4.69) is 15.9 Å². The van der Waals surface area contributed by atoms with E-state index in [4.69, 9.17) is 11.6 Å². The van der Waals surface area contributed by atoms with Crippen molar-refractivity contribution in [1.29, 1.82) is 0 Å². The molecule has 2 rings (SSSR count). The predicted octanol–water partition coefficient (Wildman–Crippen LogP) is 4.66. The summed E-state index contributed by atoms with van der Waals surface area (Å²) in [6.45, 7) is 0. The van der Waals surface area contributed by atoms with E-state index in [0.717, 1.165) is 0 Å². The van der Waals surface area contributed by atoms with Gasteiger partial charge >= 0.3 is 0 Å². The van der Waals surface area contributed by atoms with Gasteiger partial charge in [-0.05, 0) is 51.3 Å².